The van der Waals surface area contributed by atoms with Crippen molar-refractivity contribution in [3.63, 3.8) is 0 Å². The molecule has 0 aliphatic rings. The molecule has 0 fully saturated rings. The van der Waals surface area contributed by atoms with Gasteiger partial charge in [-0.3, -0.25) is 4.68 Å². The second kappa shape index (κ2) is 4.70. The van der Waals surface area contributed by atoms with E-state index in [9.17, 15) is 0 Å². The van der Waals surface area contributed by atoms with Crippen molar-refractivity contribution in [1.82, 2.24) is 19.3 Å². The minimum Gasteiger partial charge on any atom is -0.338 e. The molecule has 0 bridgehead atoms. The Balaban J connectivity index is 1.97. The Labute approximate surface area is 99.9 Å². The lowest BCUT2D eigenvalue weighted by atomic mass is 10.3. The van der Waals surface area contributed by atoms with E-state index in [4.69, 9.17) is 11.6 Å². The van der Waals surface area contributed by atoms with Crippen LogP contribution in [-0.4, -0.2) is 19.3 Å². The number of hydrogen-bond acceptors (Lipinski definition) is 2. The van der Waals surface area contributed by atoms with Crippen LogP contribution in [0.3, 0.4) is 0 Å². The third-order valence-electron chi connectivity index (χ3n) is 2.60. The summed E-state index contributed by atoms with van der Waals surface area (Å²) in [6, 6.07) is 0. The van der Waals surface area contributed by atoms with E-state index in [0.29, 0.717) is 0 Å². The molecular formula is C11H15ClN4. The van der Waals surface area contributed by atoms with Gasteiger partial charge in [-0.25, -0.2) is 4.98 Å². The van der Waals surface area contributed by atoms with Crippen LogP contribution in [0.5, 0.6) is 0 Å². The van der Waals surface area contributed by atoms with E-state index in [1.54, 1.807) is 0 Å². The number of hydrogen-bond donors (Lipinski definition) is 0. The zero-order valence-corrected chi connectivity index (χ0v) is 10.2. The first-order chi connectivity index (χ1) is 7.66. The average Bonchev–Trinajstić information content (AvgIpc) is 2.83. The van der Waals surface area contributed by atoms with Gasteiger partial charge in [-0.2, -0.15) is 5.10 Å². The lowest BCUT2D eigenvalue weighted by molar-refractivity contribution is 0.589. The highest BCUT2D eigenvalue weighted by atomic mass is 35.5. The van der Waals surface area contributed by atoms with Gasteiger partial charge in [0.1, 0.15) is 5.82 Å². The van der Waals surface area contributed by atoms with Crippen LogP contribution in [0.25, 0.3) is 0 Å². The maximum absolute atomic E-state index is 5.97. The smallest absolute Gasteiger partial charge is 0.110 e. The van der Waals surface area contributed by atoms with Gasteiger partial charge in [0, 0.05) is 44.2 Å². The minimum atomic E-state index is 0.0157. The van der Waals surface area contributed by atoms with Gasteiger partial charge in [-0.1, -0.05) is 0 Å². The number of aryl methyl sites for hydroxylation is 3. The summed E-state index contributed by atoms with van der Waals surface area (Å²) in [6.45, 7) is 2.77. The number of alkyl halides is 1. The summed E-state index contributed by atoms with van der Waals surface area (Å²) in [5.41, 5.74) is 1.06. The topological polar surface area (TPSA) is 35.6 Å². The second-order valence-corrected chi connectivity index (χ2v) is 4.51. The monoisotopic (exact) mass is 238 g/mol. The molecule has 86 valence electrons. The van der Waals surface area contributed by atoms with Gasteiger partial charge in [-0.15, -0.1) is 11.6 Å². The Morgan fingerprint density at radius 1 is 1.50 bits per heavy atom. The molecule has 2 heterocycles. The first-order valence-corrected chi connectivity index (χ1v) is 5.73. The highest BCUT2D eigenvalue weighted by Gasteiger charge is 2.05. The summed E-state index contributed by atoms with van der Waals surface area (Å²) in [5.74, 6) is 1.07. The maximum atomic E-state index is 5.97. The number of nitrogens with zero attached hydrogens (tertiary/aromatic N) is 4. The van der Waals surface area contributed by atoms with E-state index in [2.05, 4.69) is 10.1 Å². The number of rotatable bonds is 4. The van der Waals surface area contributed by atoms with E-state index < -0.39 is 0 Å². The maximum Gasteiger partial charge on any atom is 0.110 e. The lowest BCUT2D eigenvalue weighted by Gasteiger charge is -2.02. The van der Waals surface area contributed by atoms with Crippen molar-refractivity contribution in [2.24, 2.45) is 7.05 Å². The van der Waals surface area contributed by atoms with E-state index in [1.807, 2.05) is 48.0 Å². The molecule has 0 aliphatic carbocycles. The van der Waals surface area contributed by atoms with E-state index in [-0.39, 0.29) is 5.38 Å². The van der Waals surface area contributed by atoms with Gasteiger partial charge in [0.2, 0.25) is 0 Å². The van der Waals surface area contributed by atoms with Crippen molar-refractivity contribution >= 4 is 11.6 Å². The van der Waals surface area contributed by atoms with Crippen LogP contribution in [0, 0.1) is 0 Å². The quantitative estimate of drug-likeness (QED) is 0.766. The molecule has 2 aromatic rings. The minimum absolute atomic E-state index is 0.0157. The Hall–Kier alpha value is -1.29. The summed E-state index contributed by atoms with van der Waals surface area (Å²) in [4.78, 5) is 4.27. The number of halogens is 1. The molecule has 0 N–H and O–H groups in total. The molecule has 4 nitrogen and oxygen atoms in total. The first kappa shape index (κ1) is 11.2. The fourth-order valence-electron chi connectivity index (χ4n) is 1.56. The first-order valence-electron chi connectivity index (χ1n) is 5.29. The molecule has 16 heavy (non-hydrogen) atoms. The second-order valence-electron chi connectivity index (χ2n) is 3.86. The summed E-state index contributed by atoms with van der Waals surface area (Å²) >= 11 is 5.97. The fraction of sp³-hybridized carbons (Fsp3) is 0.455. The molecule has 0 amide bonds. The van der Waals surface area contributed by atoms with Crippen molar-refractivity contribution in [1.29, 1.82) is 0 Å². The van der Waals surface area contributed by atoms with Crippen LogP contribution < -0.4 is 0 Å². The highest BCUT2D eigenvalue weighted by Crippen LogP contribution is 2.17. The van der Waals surface area contributed by atoms with Gasteiger partial charge in [0.25, 0.3) is 0 Å². The zero-order valence-electron chi connectivity index (χ0n) is 9.47. The van der Waals surface area contributed by atoms with Crippen molar-refractivity contribution in [3.8, 4) is 0 Å². The number of aromatic nitrogens is 4. The molecule has 0 saturated heterocycles. The largest absolute Gasteiger partial charge is 0.338 e. The van der Waals surface area contributed by atoms with E-state index >= 15 is 0 Å². The van der Waals surface area contributed by atoms with Crippen LogP contribution in [0.1, 0.15) is 23.7 Å². The molecule has 2 rings (SSSR count). The molecular weight excluding hydrogens is 224 g/mol. The Bertz CT molecular complexity index is 458. The molecule has 5 heteroatoms. The van der Waals surface area contributed by atoms with Gasteiger partial charge in [0.15, 0.2) is 0 Å². The molecule has 1 unspecified atom stereocenters. The van der Waals surface area contributed by atoms with E-state index in [0.717, 1.165) is 24.4 Å². The molecule has 1 atom stereocenters. The number of imidazole rings is 1. The molecule has 0 aliphatic heterocycles. The standard InChI is InChI=1S/C11H15ClN4/c1-9(12)10-7-14-16(8-10)5-3-11-13-4-6-15(11)2/h4,6-9H,3,5H2,1-2H3. The summed E-state index contributed by atoms with van der Waals surface area (Å²) in [6.07, 6.45) is 8.44. The summed E-state index contributed by atoms with van der Waals surface area (Å²) in [7, 11) is 2.00. The van der Waals surface area contributed by atoms with Crippen LogP contribution in [0.15, 0.2) is 24.8 Å². The Morgan fingerprint density at radius 2 is 2.31 bits per heavy atom. The van der Waals surface area contributed by atoms with Crippen LogP contribution in [0.4, 0.5) is 0 Å². The molecule has 0 aromatic carbocycles. The van der Waals surface area contributed by atoms with Crippen LogP contribution in [-0.2, 0) is 20.0 Å². The molecule has 0 radical (unpaired) electrons. The SMILES string of the molecule is CC(Cl)c1cnn(CCc2nccn2C)c1. The van der Waals surface area contributed by atoms with Crippen molar-refractivity contribution in [2.75, 3.05) is 0 Å². The zero-order chi connectivity index (χ0) is 11.5. The molecule has 0 saturated carbocycles. The predicted octanol–water partition coefficient (Wildman–Crippen LogP) is 2.16. The van der Waals surface area contributed by atoms with Crippen LogP contribution >= 0.6 is 11.6 Å². The molecule has 2 aromatic heterocycles. The third kappa shape index (κ3) is 2.44. The summed E-state index contributed by atoms with van der Waals surface area (Å²) < 4.78 is 3.93. The average molecular weight is 239 g/mol. The predicted molar refractivity (Wildman–Crippen MR) is 63.4 cm³/mol. The van der Waals surface area contributed by atoms with Crippen molar-refractivity contribution in [2.45, 2.75) is 25.3 Å². The highest BCUT2D eigenvalue weighted by molar-refractivity contribution is 6.20. The van der Waals surface area contributed by atoms with Gasteiger partial charge >= 0.3 is 0 Å². The normalized spacial score (nSPS) is 12.9. The molecule has 0 spiro atoms. The Kier molecular flexibility index (Phi) is 3.29. The van der Waals surface area contributed by atoms with Gasteiger partial charge in [-0.05, 0) is 6.92 Å². The van der Waals surface area contributed by atoms with Gasteiger partial charge in [0.05, 0.1) is 11.6 Å². The fourth-order valence-corrected chi connectivity index (χ4v) is 1.67. The van der Waals surface area contributed by atoms with Crippen molar-refractivity contribution < 1.29 is 0 Å². The van der Waals surface area contributed by atoms with Crippen molar-refractivity contribution in [3.05, 3.63) is 36.2 Å². The van der Waals surface area contributed by atoms with E-state index in [1.165, 1.54) is 0 Å². The third-order valence-corrected chi connectivity index (χ3v) is 2.85. The summed E-state index contributed by atoms with van der Waals surface area (Å²) in [5, 5.41) is 4.28. The lowest BCUT2D eigenvalue weighted by Crippen LogP contribution is -2.05. The van der Waals surface area contributed by atoms with Gasteiger partial charge < -0.3 is 4.57 Å². The van der Waals surface area contributed by atoms with Crippen LogP contribution in [0.2, 0.25) is 0 Å². The Morgan fingerprint density at radius 3 is 2.88 bits per heavy atom.